The molecule has 0 amide bonds. The van der Waals surface area contributed by atoms with Crippen LogP contribution in [0.3, 0.4) is 0 Å². The third-order valence-electron chi connectivity index (χ3n) is 2.89. The molecule has 1 aliphatic rings. The van der Waals surface area contributed by atoms with Gasteiger partial charge in [0.25, 0.3) is 0 Å². The number of nitrogens with one attached hydrogen (secondary N) is 1. The molecule has 0 saturated carbocycles. The fraction of sp³-hybridized carbons (Fsp3) is 0.900. The van der Waals surface area contributed by atoms with Gasteiger partial charge in [-0.3, -0.25) is 9.69 Å². The predicted molar refractivity (Wildman–Crippen MR) is 58.7 cm³/mol. The van der Waals surface area contributed by atoms with E-state index >= 15 is 0 Å². The summed E-state index contributed by atoms with van der Waals surface area (Å²) in [5.41, 5.74) is 5.38. The summed E-state index contributed by atoms with van der Waals surface area (Å²) < 4.78 is 0. The summed E-state index contributed by atoms with van der Waals surface area (Å²) in [5.74, 6) is -0.948. The van der Waals surface area contributed by atoms with Gasteiger partial charge in [-0.05, 0) is 32.9 Å². The Kier molecular flexibility index (Phi) is 5.01. The number of nitrogens with zero attached hydrogens (tertiary/aromatic N) is 1. The van der Waals surface area contributed by atoms with Gasteiger partial charge in [0.1, 0.15) is 6.04 Å². The number of likely N-dealkylation sites (tertiary alicyclic amines) is 1. The summed E-state index contributed by atoms with van der Waals surface area (Å²) >= 11 is 0. The second-order valence-electron chi connectivity index (χ2n) is 4.20. The third kappa shape index (κ3) is 4.15. The Bertz CT molecular complexity index is 205. The van der Waals surface area contributed by atoms with Gasteiger partial charge in [0.15, 0.2) is 0 Å². The van der Waals surface area contributed by atoms with Crippen molar-refractivity contribution in [3.05, 3.63) is 0 Å². The van der Waals surface area contributed by atoms with E-state index in [1.54, 1.807) is 0 Å². The smallest absolute Gasteiger partial charge is 0.321 e. The minimum atomic E-state index is -0.948. The number of carbonyl (C=O) groups is 1. The van der Waals surface area contributed by atoms with Gasteiger partial charge in [0.05, 0.1) is 0 Å². The Morgan fingerprint density at radius 1 is 1.47 bits per heavy atom. The molecule has 5 nitrogen and oxygen atoms in total. The Labute approximate surface area is 90.6 Å². The minimum absolute atomic E-state index is 0.341. The van der Waals surface area contributed by atoms with E-state index in [0.717, 1.165) is 19.6 Å². The van der Waals surface area contributed by atoms with E-state index < -0.39 is 12.0 Å². The van der Waals surface area contributed by atoms with Crippen LogP contribution in [0.4, 0.5) is 0 Å². The minimum Gasteiger partial charge on any atom is -0.480 e. The zero-order chi connectivity index (χ0) is 11.3. The van der Waals surface area contributed by atoms with Crippen molar-refractivity contribution in [1.29, 1.82) is 0 Å². The van der Waals surface area contributed by atoms with Crippen LogP contribution in [-0.4, -0.2) is 54.2 Å². The number of hydrogen-bond donors (Lipinski definition) is 3. The molecule has 1 saturated heterocycles. The molecule has 1 aliphatic heterocycles. The van der Waals surface area contributed by atoms with Crippen molar-refractivity contribution >= 4 is 5.97 Å². The van der Waals surface area contributed by atoms with E-state index in [9.17, 15) is 4.79 Å². The lowest BCUT2D eigenvalue weighted by molar-refractivity contribution is -0.138. The van der Waals surface area contributed by atoms with Crippen molar-refractivity contribution in [2.45, 2.75) is 31.8 Å². The SMILES string of the molecule is CC(CNCC(N)C(=O)O)N1CCCC1. The summed E-state index contributed by atoms with van der Waals surface area (Å²) in [7, 11) is 0. The molecule has 88 valence electrons. The number of nitrogens with two attached hydrogens (primary N) is 1. The van der Waals surface area contributed by atoms with E-state index in [4.69, 9.17) is 10.8 Å². The van der Waals surface area contributed by atoms with Gasteiger partial charge >= 0.3 is 5.97 Å². The highest BCUT2D eigenvalue weighted by Crippen LogP contribution is 2.10. The molecule has 0 bridgehead atoms. The van der Waals surface area contributed by atoms with Crippen molar-refractivity contribution in [3.8, 4) is 0 Å². The molecule has 0 aromatic heterocycles. The fourth-order valence-electron chi connectivity index (χ4n) is 1.85. The molecule has 0 aliphatic carbocycles. The highest BCUT2D eigenvalue weighted by molar-refractivity contribution is 5.73. The van der Waals surface area contributed by atoms with Crippen LogP contribution in [0.15, 0.2) is 0 Å². The van der Waals surface area contributed by atoms with E-state index in [2.05, 4.69) is 17.1 Å². The molecule has 0 radical (unpaired) electrons. The number of hydrogen-bond acceptors (Lipinski definition) is 4. The van der Waals surface area contributed by atoms with Crippen molar-refractivity contribution < 1.29 is 9.90 Å². The normalized spacial score (nSPS) is 21.5. The number of rotatable bonds is 6. The van der Waals surface area contributed by atoms with Crippen LogP contribution < -0.4 is 11.1 Å². The van der Waals surface area contributed by atoms with E-state index in [-0.39, 0.29) is 0 Å². The van der Waals surface area contributed by atoms with E-state index in [1.807, 2.05) is 0 Å². The lowest BCUT2D eigenvalue weighted by Gasteiger charge is -2.24. The lowest BCUT2D eigenvalue weighted by atomic mass is 10.2. The first kappa shape index (κ1) is 12.4. The average molecular weight is 215 g/mol. The number of carboxylic acid groups (broad SMARTS) is 1. The number of aliphatic carboxylic acids is 1. The second-order valence-corrected chi connectivity index (χ2v) is 4.20. The van der Waals surface area contributed by atoms with Crippen LogP contribution in [-0.2, 0) is 4.79 Å². The maximum Gasteiger partial charge on any atom is 0.321 e. The van der Waals surface area contributed by atoms with Crippen molar-refractivity contribution in [2.75, 3.05) is 26.2 Å². The molecule has 1 heterocycles. The summed E-state index contributed by atoms with van der Waals surface area (Å²) in [4.78, 5) is 12.9. The van der Waals surface area contributed by atoms with Crippen LogP contribution >= 0.6 is 0 Å². The number of carboxylic acids is 1. The standard InChI is InChI=1S/C10H21N3O2/c1-8(13-4-2-3-5-13)6-12-7-9(11)10(14)15/h8-9,12H,2-7,11H2,1H3,(H,14,15). The highest BCUT2D eigenvalue weighted by Gasteiger charge is 2.18. The Hall–Kier alpha value is -0.650. The molecular formula is C10H21N3O2. The fourth-order valence-corrected chi connectivity index (χ4v) is 1.85. The molecule has 4 N–H and O–H groups in total. The van der Waals surface area contributed by atoms with Crippen LogP contribution in [0.5, 0.6) is 0 Å². The van der Waals surface area contributed by atoms with Gasteiger partial charge in [0.2, 0.25) is 0 Å². The quantitative estimate of drug-likeness (QED) is 0.555. The maximum atomic E-state index is 10.5. The lowest BCUT2D eigenvalue weighted by Crippen LogP contribution is -2.45. The summed E-state index contributed by atoms with van der Waals surface area (Å²) in [5, 5.41) is 11.7. The molecule has 15 heavy (non-hydrogen) atoms. The van der Waals surface area contributed by atoms with Crippen LogP contribution in [0.1, 0.15) is 19.8 Å². The average Bonchev–Trinajstić information content (AvgIpc) is 2.70. The molecule has 0 aromatic rings. The molecule has 1 fully saturated rings. The summed E-state index contributed by atoms with van der Waals surface area (Å²) in [6, 6.07) is -0.329. The van der Waals surface area contributed by atoms with E-state index in [0.29, 0.717) is 12.6 Å². The van der Waals surface area contributed by atoms with E-state index in [1.165, 1.54) is 12.8 Å². The topological polar surface area (TPSA) is 78.6 Å². The Morgan fingerprint density at radius 3 is 2.60 bits per heavy atom. The van der Waals surface area contributed by atoms with Crippen LogP contribution in [0.2, 0.25) is 0 Å². The van der Waals surface area contributed by atoms with Crippen molar-refractivity contribution in [1.82, 2.24) is 10.2 Å². The first-order valence-electron chi connectivity index (χ1n) is 5.54. The maximum absolute atomic E-state index is 10.5. The molecule has 5 heteroatoms. The summed E-state index contributed by atoms with van der Waals surface area (Å²) in [6.07, 6.45) is 2.55. The monoisotopic (exact) mass is 215 g/mol. The van der Waals surface area contributed by atoms with Crippen LogP contribution in [0, 0.1) is 0 Å². The van der Waals surface area contributed by atoms with Gasteiger partial charge in [-0.1, -0.05) is 0 Å². The molecule has 0 aromatic carbocycles. The Balaban J connectivity index is 2.11. The third-order valence-corrected chi connectivity index (χ3v) is 2.89. The Morgan fingerprint density at radius 2 is 2.07 bits per heavy atom. The zero-order valence-electron chi connectivity index (χ0n) is 9.28. The van der Waals surface area contributed by atoms with Crippen molar-refractivity contribution in [3.63, 3.8) is 0 Å². The second kappa shape index (κ2) is 6.05. The largest absolute Gasteiger partial charge is 0.480 e. The molecule has 1 rings (SSSR count). The van der Waals surface area contributed by atoms with Gasteiger partial charge < -0.3 is 16.2 Å². The van der Waals surface area contributed by atoms with Crippen LogP contribution in [0.25, 0.3) is 0 Å². The summed E-state index contributed by atoms with van der Waals surface area (Å²) in [6.45, 7) is 5.63. The first-order chi connectivity index (χ1) is 7.11. The van der Waals surface area contributed by atoms with Crippen molar-refractivity contribution in [2.24, 2.45) is 5.73 Å². The van der Waals surface area contributed by atoms with Gasteiger partial charge in [0, 0.05) is 19.1 Å². The molecule has 2 atom stereocenters. The predicted octanol–water partition coefficient (Wildman–Crippen LogP) is -0.528. The molecular weight excluding hydrogens is 194 g/mol. The molecule has 0 spiro atoms. The molecule has 2 unspecified atom stereocenters. The van der Waals surface area contributed by atoms with Gasteiger partial charge in [-0.25, -0.2) is 0 Å². The van der Waals surface area contributed by atoms with Gasteiger partial charge in [-0.2, -0.15) is 0 Å². The highest BCUT2D eigenvalue weighted by atomic mass is 16.4. The van der Waals surface area contributed by atoms with Gasteiger partial charge in [-0.15, -0.1) is 0 Å². The first-order valence-corrected chi connectivity index (χ1v) is 5.54. The zero-order valence-corrected chi connectivity index (χ0v) is 9.28.